The zero-order valence-corrected chi connectivity index (χ0v) is 11.6. The number of anilines is 1. The van der Waals surface area contributed by atoms with Gasteiger partial charge in [-0.2, -0.15) is 0 Å². The fourth-order valence-corrected chi connectivity index (χ4v) is 2.07. The molecule has 0 saturated heterocycles. The van der Waals surface area contributed by atoms with Gasteiger partial charge in [-0.05, 0) is 31.2 Å². The number of benzene rings is 1. The summed E-state index contributed by atoms with van der Waals surface area (Å²) >= 11 is 0. The first kappa shape index (κ1) is 14.3. The molecule has 0 aliphatic heterocycles. The monoisotopic (exact) mass is 276 g/mol. The van der Waals surface area contributed by atoms with Crippen molar-refractivity contribution < 1.29 is 9.21 Å². The van der Waals surface area contributed by atoms with Crippen LogP contribution in [0.4, 0.5) is 5.69 Å². The molecule has 4 N–H and O–H groups in total. The number of hydrogen-bond donors (Lipinski definition) is 2. The maximum absolute atomic E-state index is 11.1. The maximum Gasteiger partial charge on any atom is 0.231 e. The molecule has 0 aliphatic carbocycles. The highest BCUT2D eigenvalue weighted by atomic mass is 16.3. The van der Waals surface area contributed by atoms with Gasteiger partial charge in [0.1, 0.15) is 5.52 Å². The van der Waals surface area contributed by atoms with Crippen LogP contribution in [0.25, 0.3) is 11.1 Å². The maximum atomic E-state index is 11.1. The quantitative estimate of drug-likeness (QED) is 0.747. The summed E-state index contributed by atoms with van der Waals surface area (Å²) in [6.45, 7) is 3.57. The predicted molar refractivity (Wildman–Crippen MR) is 77.8 cm³/mol. The Morgan fingerprint density at radius 1 is 1.45 bits per heavy atom. The summed E-state index contributed by atoms with van der Waals surface area (Å²) in [5.74, 6) is 0.226. The van der Waals surface area contributed by atoms with Crippen molar-refractivity contribution in [2.75, 3.05) is 18.8 Å². The van der Waals surface area contributed by atoms with Crippen molar-refractivity contribution in [3.8, 4) is 0 Å². The van der Waals surface area contributed by atoms with Crippen LogP contribution in [0.5, 0.6) is 0 Å². The number of carbonyl (C=O) groups excluding carboxylic acids is 1. The Bertz CT molecular complexity index is 594. The molecule has 0 atom stereocenters. The van der Waals surface area contributed by atoms with Crippen LogP contribution in [-0.2, 0) is 11.3 Å². The van der Waals surface area contributed by atoms with E-state index >= 15 is 0 Å². The van der Waals surface area contributed by atoms with Gasteiger partial charge in [0, 0.05) is 5.69 Å². The molecule has 2 aromatic rings. The van der Waals surface area contributed by atoms with E-state index in [2.05, 4.69) is 11.9 Å². The van der Waals surface area contributed by atoms with Gasteiger partial charge in [-0.15, -0.1) is 0 Å². The van der Waals surface area contributed by atoms with Crippen LogP contribution in [0.1, 0.15) is 25.7 Å². The first-order valence-electron chi connectivity index (χ1n) is 6.74. The summed E-state index contributed by atoms with van der Waals surface area (Å²) in [5, 5.41) is 0. The van der Waals surface area contributed by atoms with E-state index in [4.69, 9.17) is 15.9 Å². The largest absolute Gasteiger partial charge is 0.439 e. The van der Waals surface area contributed by atoms with Crippen LogP contribution in [0.15, 0.2) is 22.6 Å². The zero-order valence-electron chi connectivity index (χ0n) is 11.6. The highest BCUT2D eigenvalue weighted by Crippen LogP contribution is 2.19. The number of oxazole rings is 1. The van der Waals surface area contributed by atoms with Crippen LogP contribution in [-0.4, -0.2) is 28.9 Å². The molecule has 0 fully saturated rings. The minimum Gasteiger partial charge on any atom is -0.439 e. The van der Waals surface area contributed by atoms with Crippen molar-refractivity contribution in [1.82, 2.24) is 9.88 Å². The van der Waals surface area contributed by atoms with Gasteiger partial charge in [0.2, 0.25) is 11.8 Å². The molecule has 6 nitrogen and oxygen atoms in total. The number of carbonyl (C=O) groups is 1. The Morgan fingerprint density at radius 3 is 2.95 bits per heavy atom. The minimum absolute atomic E-state index is 0.209. The second-order valence-corrected chi connectivity index (χ2v) is 4.87. The molecular weight excluding hydrogens is 256 g/mol. The standard InChI is InChI=1S/C14H20N4O2/c1-2-3-6-18(8-13(16)19)9-14-17-11-7-10(15)4-5-12(11)20-14/h4-5,7H,2-3,6,8-9,15H2,1H3,(H2,16,19). The van der Waals surface area contributed by atoms with Crippen LogP contribution < -0.4 is 11.5 Å². The number of nitrogens with two attached hydrogens (primary N) is 2. The number of unbranched alkanes of at least 4 members (excludes halogenated alkanes) is 1. The first-order valence-corrected chi connectivity index (χ1v) is 6.74. The average Bonchev–Trinajstić information content (AvgIpc) is 2.76. The Morgan fingerprint density at radius 2 is 2.25 bits per heavy atom. The SMILES string of the molecule is CCCCN(CC(N)=O)Cc1nc2cc(N)ccc2o1. The van der Waals surface area contributed by atoms with E-state index in [1.165, 1.54) is 0 Å². The molecule has 6 heteroatoms. The van der Waals surface area contributed by atoms with E-state index in [0.717, 1.165) is 24.9 Å². The smallest absolute Gasteiger partial charge is 0.231 e. The third-order valence-electron chi connectivity index (χ3n) is 3.02. The van der Waals surface area contributed by atoms with E-state index in [1.807, 2.05) is 4.90 Å². The van der Waals surface area contributed by atoms with Gasteiger partial charge >= 0.3 is 0 Å². The van der Waals surface area contributed by atoms with Crippen LogP contribution in [0.3, 0.4) is 0 Å². The third kappa shape index (κ3) is 3.71. The Labute approximate surface area is 117 Å². The normalized spacial score (nSPS) is 11.3. The van der Waals surface area contributed by atoms with Crippen LogP contribution >= 0.6 is 0 Å². The molecule has 0 unspecified atom stereocenters. The first-order chi connectivity index (χ1) is 9.58. The number of aromatic nitrogens is 1. The molecule has 0 radical (unpaired) electrons. The van der Waals surface area contributed by atoms with Gasteiger partial charge in [0.25, 0.3) is 0 Å². The van der Waals surface area contributed by atoms with Crippen molar-refractivity contribution in [3.63, 3.8) is 0 Å². The van der Waals surface area contributed by atoms with Gasteiger partial charge in [-0.25, -0.2) is 4.98 Å². The molecule has 1 heterocycles. The third-order valence-corrected chi connectivity index (χ3v) is 3.02. The second-order valence-electron chi connectivity index (χ2n) is 4.87. The number of primary amides is 1. The summed E-state index contributed by atoms with van der Waals surface area (Å²) in [7, 11) is 0. The fraction of sp³-hybridized carbons (Fsp3) is 0.429. The van der Waals surface area contributed by atoms with Crippen LogP contribution in [0.2, 0.25) is 0 Å². The molecule has 2 rings (SSSR count). The number of nitrogen functional groups attached to an aromatic ring is 1. The lowest BCUT2D eigenvalue weighted by atomic mass is 10.3. The zero-order chi connectivity index (χ0) is 14.5. The molecule has 1 aromatic carbocycles. The van der Waals surface area contributed by atoms with Gasteiger partial charge < -0.3 is 15.9 Å². The number of hydrogen-bond acceptors (Lipinski definition) is 5. The minimum atomic E-state index is -0.346. The fourth-order valence-electron chi connectivity index (χ4n) is 2.07. The highest BCUT2D eigenvalue weighted by molar-refractivity contribution is 5.77. The molecule has 0 aliphatic rings. The summed E-state index contributed by atoms with van der Waals surface area (Å²) in [5.41, 5.74) is 13.1. The summed E-state index contributed by atoms with van der Waals surface area (Å²) in [6, 6.07) is 5.34. The van der Waals surface area contributed by atoms with Crippen molar-refractivity contribution in [1.29, 1.82) is 0 Å². The van der Waals surface area contributed by atoms with Gasteiger partial charge in [-0.1, -0.05) is 13.3 Å². The average molecular weight is 276 g/mol. The molecule has 1 aromatic heterocycles. The van der Waals surface area contributed by atoms with E-state index < -0.39 is 0 Å². The number of amides is 1. The number of fused-ring (bicyclic) bond motifs is 1. The lowest BCUT2D eigenvalue weighted by Crippen LogP contribution is -2.34. The molecule has 0 saturated carbocycles. The molecule has 1 amide bonds. The summed E-state index contributed by atoms with van der Waals surface area (Å²) < 4.78 is 5.65. The van der Waals surface area contributed by atoms with E-state index in [-0.39, 0.29) is 12.5 Å². The predicted octanol–water partition coefficient (Wildman–Crippen LogP) is 1.50. The summed E-state index contributed by atoms with van der Waals surface area (Å²) in [6.07, 6.45) is 2.06. The molecule has 108 valence electrons. The number of rotatable bonds is 7. The molecule has 20 heavy (non-hydrogen) atoms. The Kier molecular flexibility index (Phi) is 4.57. The van der Waals surface area contributed by atoms with Gasteiger partial charge in [0.15, 0.2) is 5.58 Å². The lowest BCUT2D eigenvalue weighted by Gasteiger charge is -2.18. The van der Waals surface area contributed by atoms with Crippen LogP contribution in [0, 0.1) is 0 Å². The number of nitrogens with zero attached hydrogens (tertiary/aromatic N) is 2. The van der Waals surface area contributed by atoms with E-state index in [1.54, 1.807) is 18.2 Å². The Hall–Kier alpha value is -2.08. The molecular formula is C14H20N4O2. The topological polar surface area (TPSA) is 98.4 Å². The molecule has 0 bridgehead atoms. The molecule has 0 spiro atoms. The lowest BCUT2D eigenvalue weighted by molar-refractivity contribution is -0.119. The van der Waals surface area contributed by atoms with Gasteiger partial charge in [0.05, 0.1) is 13.1 Å². The highest BCUT2D eigenvalue weighted by Gasteiger charge is 2.13. The van der Waals surface area contributed by atoms with E-state index in [0.29, 0.717) is 23.7 Å². The summed E-state index contributed by atoms with van der Waals surface area (Å²) in [4.78, 5) is 17.4. The van der Waals surface area contributed by atoms with Crippen molar-refractivity contribution in [2.45, 2.75) is 26.3 Å². The van der Waals surface area contributed by atoms with Gasteiger partial charge in [-0.3, -0.25) is 9.69 Å². The van der Waals surface area contributed by atoms with E-state index in [9.17, 15) is 4.79 Å². The van der Waals surface area contributed by atoms with Crippen molar-refractivity contribution in [3.05, 3.63) is 24.1 Å². The van der Waals surface area contributed by atoms with Crippen molar-refractivity contribution >= 4 is 22.7 Å². The van der Waals surface area contributed by atoms with Crippen molar-refractivity contribution in [2.24, 2.45) is 5.73 Å². The second kappa shape index (κ2) is 6.38. The Balaban J connectivity index is 2.12.